The number of aromatic hydroxyl groups is 1. The number of hydrogen-bond donors (Lipinski definition) is 2. The number of phenols is 1. The molecule has 2 bridgehead atoms. The van der Waals surface area contributed by atoms with Gasteiger partial charge in [0, 0.05) is 35.9 Å². The molecule has 0 saturated carbocycles. The van der Waals surface area contributed by atoms with Crippen LogP contribution in [0.4, 0.5) is 10.2 Å². The summed E-state index contributed by atoms with van der Waals surface area (Å²) in [5.74, 6) is 0.408. The van der Waals surface area contributed by atoms with Crippen molar-refractivity contribution in [3.63, 3.8) is 0 Å². The Labute approximate surface area is 204 Å². The van der Waals surface area contributed by atoms with Gasteiger partial charge in [0.25, 0.3) is 5.95 Å². The summed E-state index contributed by atoms with van der Waals surface area (Å²) in [6, 6.07) is 6.97. The van der Waals surface area contributed by atoms with Crippen molar-refractivity contribution in [1.29, 1.82) is 0 Å². The Morgan fingerprint density at radius 3 is 2.43 bits per heavy atom. The third-order valence-electron chi connectivity index (χ3n) is 7.49. The molecule has 0 spiro atoms. The van der Waals surface area contributed by atoms with Gasteiger partial charge in [-0.05, 0) is 69.7 Å². The zero-order chi connectivity index (χ0) is 24.8. The van der Waals surface area contributed by atoms with E-state index in [9.17, 15) is 9.50 Å². The van der Waals surface area contributed by atoms with E-state index in [1.54, 1.807) is 24.4 Å². The van der Waals surface area contributed by atoms with E-state index < -0.39 is 5.95 Å². The first-order valence-electron chi connectivity index (χ1n) is 11.9. The molecule has 0 amide bonds. The van der Waals surface area contributed by atoms with Crippen molar-refractivity contribution < 1.29 is 14.2 Å². The highest BCUT2D eigenvalue weighted by molar-refractivity contribution is 5.73. The van der Waals surface area contributed by atoms with Gasteiger partial charge in [-0.15, -0.1) is 10.2 Å². The number of nitrogens with zero attached hydrogens (tertiary/aromatic N) is 5. The molecular formula is C26H31FN6O2. The predicted molar refractivity (Wildman–Crippen MR) is 132 cm³/mol. The topological polar surface area (TPSA) is 96.3 Å². The summed E-state index contributed by atoms with van der Waals surface area (Å²) in [6.07, 6.45) is 8.84. The van der Waals surface area contributed by atoms with Gasteiger partial charge < -0.3 is 20.1 Å². The molecule has 0 aliphatic carbocycles. The molecule has 3 aromatic rings. The summed E-state index contributed by atoms with van der Waals surface area (Å²) in [7, 11) is 3.44. The van der Waals surface area contributed by atoms with Crippen LogP contribution < -0.4 is 15.0 Å². The average molecular weight is 479 g/mol. The van der Waals surface area contributed by atoms with E-state index >= 15 is 0 Å². The average Bonchev–Trinajstić information content (AvgIpc) is 2.82. The van der Waals surface area contributed by atoms with Crippen LogP contribution in [0.2, 0.25) is 0 Å². The molecule has 2 aliphatic heterocycles. The SMILES string of the molecule is COc1cc(-c2ccc(-c3ncc(N(C)C4C[C@]5(C)CCC[C@](C)(C4)N5)nn3)c(O)c2)cnc1F. The number of piperidine rings is 2. The van der Waals surface area contributed by atoms with Gasteiger partial charge >= 0.3 is 0 Å². The number of pyridine rings is 1. The van der Waals surface area contributed by atoms with Crippen LogP contribution in [0.25, 0.3) is 22.5 Å². The summed E-state index contributed by atoms with van der Waals surface area (Å²) in [4.78, 5) is 10.4. The van der Waals surface area contributed by atoms with E-state index in [2.05, 4.69) is 51.3 Å². The maximum absolute atomic E-state index is 13.6. The largest absolute Gasteiger partial charge is 0.507 e. The molecule has 4 heterocycles. The summed E-state index contributed by atoms with van der Waals surface area (Å²) < 4.78 is 18.6. The number of hydrogen-bond acceptors (Lipinski definition) is 8. The van der Waals surface area contributed by atoms with Gasteiger partial charge in [-0.25, -0.2) is 9.97 Å². The van der Waals surface area contributed by atoms with E-state index in [0.717, 1.165) is 12.8 Å². The fourth-order valence-corrected chi connectivity index (χ4v) is 5.78. The molecule has 1 aromatic carbocycles. The first-order chi connectivity index (χ1) is 16.7. The number of phenolic OH excluding ortho intramolecular Hbond substituents is 1. The molecule has 8 nitrogen and oxygen atoms in total. The Kier molecular flexibility index (Phi) is 5.83. The van der Waals surface area contributed by atoms with E-state index in [-0.39, 0.29) is 22.6 Å². The third-order valence-corrected chi connectivity index (χ3v) is 7.49. The molecule has 3 atom stereocenters. The van der Waals surface area contributed by atoms with Crippen LogP contribution in [0.3, 0.4) is 0 Å². The number of ether oxygens (including phenoxy) is 1. The van der Waals surface area contributed by atoms with Crippen LogP contribution in [0.15, 0.2) is 36.7 Å². The number of nitrogens with one attached hydrogen (secondary N) is 1. The van der Waals surface area contributed by atoms with Crippen LogP contribution in [0, 0.1) is 5.95 Å². The van der Waals surface area contributed by atoms with Gasteiger partial charge in [-0.1, -0.05) is 6.07 Å². The van der Waals surface area contributed by atoms with E-state index in [1.165, 1.54) is 38.6 Å². The molecule has 5 rings (SSSR count). The third kappa shape index (κ3) is 4.52. The van der Waals surface area contributed by atoms with Crippen molar-refractivity contribution in [3.8, 4) is 34.0 Å². The summed E-state index contributed by atoms with van der Waals surface area (Å²) in [5, 5.41) is 23.3. The number of aromatic nitrogens is 4. The Morgan fingerprint density at radius 1 is 1.06 bits per heavy atom. The minimum Gasteiger partial charge on any atom is -0.507 e. The fourth-order valence-electron chi connectivity index (χ4n) is 5.78. The van der Waals surface area contributed by atoms with Crippen molar-refractivity contribution in [2.45, 2.75) is 63.1 Å². The second kappa shape index (κ2) is 8.71. The van der Waals surface area contributed by atoms with Gasteiger partial charge in [0.05, 0.1) is 18.9 Å². The van der Waals surface area contributed by atoms with E-state index in [0.29, 0.717) is 34.4 Å². The van der Waals surface area contributed by atoms with Crippen molar-refractivity contribution >= 4 is 5.82 Å². The Bertz CT molecular complexity index is 1220. The summed E-state index contributed by atoms with van der Waals surface area (Å²) >= 11 is 0. The van der Waals surface area contributed by atoms with Gasteiger partial charge in [0.1, 0.15) is 5.75 Å². The first-order valence-corrected chi connectivity index (χ1v) is 11.9. The lowest BCUT2D eigenvalue weighted by Gasteiger charge is -2.55. The lowest BCUT2D eigenvalue weighted by atomic mass is 9.69. The Hall–Kier alpha value is -3.33. The van der Waals surface area contributed by atoms with Crippen molar-refractivity contribution in [3.05, 3.63) is 42.6 Å². The molecule has 2 fully saturated rings. The molecule has 2 aliphatic rings. The van der Waals surface area contributed by atoms with Crippen LogP contribution in [-0.2, 0) is 0 Å². The van der Waals surface area contributed by atoms with Crippen LogP contribution >= 0.6 is 0 Å². The highest BCUT2D eigenvalue weighted by Gasteiger charge is 2.46. The van der Waals surface area contributed by atoms with Crippen LogP contribution in [-0.4, -0.2) is 56.5 Å². The smallest absolute Gasteiger partial charge is 0.255 e. The second-order valence-corrected chi connectivity index (χ2v) is 10.4. The van der Waals surface area contributed by atoms with Crippen LogP contribution in [0.1, 0.15) is 46.0 Å². The lowest BCUT2D eigenvalue weighted by Crippen LogP contribution is -2.66. The standard InChI is InChI=1S/C26H31FN6O2/c1-25-8-5-9-26(2,32-25)13-18(12-25)33(3)22-15-29-24(31-30-22)19-7-6-16(10-20(19)34)17-11-21(35-4)23(27)28-14-17/h6-7,10-11,14-15,18,32,34H,5,8-9,12-13H2,1-4H3/t18?,25-,26+. The Balaban J connectivity index is 1.35. The van der Waals surface area contributed by atoms with Gasteiger partial charge in [-0.3, -0.25) is 0 Å². The van der Waals surface area contributed by atoms with Crippen LogP contribution in [0.5, 0.6) is 11.5 Å². The molecule has 9 heteroatoms. The quantitative estimate of drug-likeness (QED) is 0.523. The maximum atomic E-state index is 13.6. The van der Waals surface area contributed by atoms with Gasteiger partial charge in [0.15, 0.2) is 17.4 Å². The van der Waals surface area contributed by atoms with Crippen molar-refractivity contribution in [1.82, 2.24) is 25.5 Å². The molecule has 2 N–H and O–H groups in total. The number of benzene rings is 1. The first kappa shape index (κ1) is 23.4. The number of rotatable bonds is 5. The Morgan fingerprint density at radius 2 is 1.80 bits per heavy atom. The maximum Gasteiger partial charge on any atom is 0.255 e. The van der Waals surface area contributed by atoms with Crippen molar-refractivity contribution in [2.24, 2.45) is 0 Å². The predicted octanol–water partition coefficient (Wildman–Crippen LogP) is 4.34. The van der Waals surface area contributed by atoms with Crippen molar-refractivity contribution in [2.75, 3.05) is 19.1 Å². The second-order valence-electron chi connectivity index (χ2n) is 10.4. The highest BCUT2D eigenvalue weighted by Crippen LogP contribution is 2.42. The monoisotopic (exact) mass is 478 g/mol. The minimum absolute atomic E-state index is 0.000672. The number of halogens is 1. The normalized spacial score (nSPS) is 25.8. The molecule has 184 valence electrons. The molecular weight excluding hydrogens is 447 g/mol. The number of fused-ring (bicyclic) bond motifs is 2. The zero-order valence-corrected chi connectivity index (χ0v) is 20.5. The molecule has 2 saturated heterocycles. The zero-order valence-electron chi connectivity index (χ0n) is 20.5. The molecule has 1 unspecified atom stereocenters. The highest BCUT2D eigenvalue weighted by atomic mass is 19.1. The fraction of sp³-hybridized carbons (Fsp3) is 0.462. The minimum atomic E-state index is -0.683. The molecule has 2 aromatic heterocycles. The van der Waals surface area contributed by atoms with E-state index in [4.69, 9.17) is 4.74 Å². The molecule has 35 heavy (non-hydrogen) atoms. The number of methoxy groups -OCH3 is 1. The summed E-state index contributed by atoms with van der Waals surface area (Å²) in [5.41, 5.74) is 2.04. The number of anilines is 1. The van der Waals surface area contributed by atoms with Gasteiger partial charge in [-0.2, -0.15) is 4.39 Å². The summed E-state index contributed by atoms with van der Waals surface area (Å²) in [6.45, 7) is 4.64. The van der Waals surface area contributed by atoms with Gasteiger partial charge in [0.2, 0.25) is 0 Å². The molecule has 0 radical (unpaired) electrons. The lowest BCUT2D eigenvalue weighted by molar-refractivity contribution is 0.0784. The van der Waals surface area contributed by atoms with E-state index in [1.807, 2.05) is 0 Å².